The smallest absolute Gasteiger partial charge is 0.234 e. The first-order valence-electron chi connectivity index (χ1n) is 9.34. The van der Waals surface area contributed by atoms with Crippen molar-refractivity contribution in [2.24, 2.45) is 0 Å². The van der Waals surface area contributed by atoms with Crippen molar-refractivity contribution in [3.8, 4) is 0 Å². The highest BCUT2D eigenvalue weighted by atomic mass is 16.2. The molecule has 2 aliphatic heterocycles. The van der Waals surface area contributed by atoms with Crippen molar-refractivity contribution in [1.82, 2.24) is 15.2 Å². The summed E-state index contributed by atoms with van der Waals surface area (Å²) in [6, 6.07) is 5.98. The van der Waals surface area contributed by atoms with Gasteiger partial charge in [-0.05, 0) is 49.4 Å². The van der Waals surface area contributed by atoms with E-state index in [4.69, 9.17) is 0 Å². The number of hydrogen-bond donors (Lipinski definition) is 1. The highest BCUT2D eigenvalue weighted by Crippen LogP contribution is 2.38. The Balaban J connectivity index is 1.32. The quantitative estimate of drug-likeness (QED) is 0.913. The van der Waals surface area contributed by atoms with E-state index in [1.54, 1.807) is 0 Å². The molecule has 0 unspecified atom stereocenters. The number of fused-ring (bicyclic) bond motifs is 1. The van der Waals surface area contributed by atoms with Gasteiger partial charge in [-0.2, -0.15) is 5.10 Å². The topological polar surface area (TPSA) is 82.2 Å². The van der Waals surface area contributed by atoms with E-state index in [9.17, 15) is 9.59 Å². The van der Waals surface area contributed by atoms with Crippen LogP contribution in [0.25, 0.3) is 0 Å². The number of carbonyl (C=O) groups is 2. The third kappa shape index (κ3) is 2.67. The molecular weight excluding hydrogens is 330 g/mol. The van der Waals surface area contributed by atoms with Gasteiger partial charge in [-0.25, -0.2) is 4.98 Å². The molecule has 3 aliphatic rings. The number of rotatable bonds is 4. The third-order valence-electron chi connectivity index (χ3n) is 5.45. The van der Waals surface area contributed by atoms with E-state index < -0.39 is 0 Å². The third-order valence-corrected chi connectivity index (χ3v) is 5.45. The zero-order valence-corrected chi connectivity index (χ0v) is 14.6. The van der Waals surface area contributed by atoms with Gasteiger partial charge in [0.2, 0.25) is 11.8 Å². The van der Waals surface area contributed by atoms with Crippen LogP contribution in [0.15, 0.2) is 18.2 Å². The first kappa shape index (κ1) is 15.5. The normalized spacial score (nSPS) is 19.3. The van der Waals surface area contributed by atoms with E-state index in [-0.39, 0.29) is 18.2 Å². The Morgan fingerprint density at radius 2 is 2.12 bits per heavy atom. The van der Waals surface area contributed by atoms with Gasteiger partial charge in [-0.1, -0.05) is 0 Å². The van der Waals surface area contributed by atoms with Crippen LogP contribution in [0.4, 0.5) is 11.4 Å². The second-order valence-electron chi connectivity index (χ2n) is 7.35. The summed E-state index contributed by atoms with van der Waals surface area (Å²) in [5, 5.41) is 7.12. The molecule has 26 heavy (non-hydrogen) atoms. The van der Waals surface area contributed by atoms with Crippen LogP contribution in [0.1, 0.15) is 48.8 Å². The lowest BCUT2D eigenvalue weighted by molar-refractivity contribution is -0.118. The van der Waals surface area contributed by atoms with E-state index in [1.165, 1.54) is 0 Å². The number of aromatic amines is 1. The van der Waals surface area contributed by atoms with Crippen molar-refractivity contribution in [1.29, 1.82) is 0 Å². The summed E-state index contributed by atoms with van der Waals surface area (Å²) in [4.78, 5) is 32.8. The number of H-pyrrole nitrogens is 1. The molecule has 1 aromatic heterocycles. The Bertz CT molecular complexity index is 886. The van der Waals surface area contributed by atoms with Crippen LogP contribution in [0.5, 0.6) is 0 Å². The van der Waals surface area contributed by atoms with Crippen molar-refractivity contribution in [3.63, 3.8) is 0 Å². The van der Waals surface area contributed by atoms with Crippen molar-refractivity contribution in [2.45, 2.75) is 44.4 Å². The van der Waals surface area contributed by atoms with Crippen LogP contribution in [0.2, 0.25) is 0 Å². The monoisotopic (exact) mass is 351 g/mol. The van der Waals surface area contributed by atoms with Crippen LogP contribution in [0, 0.1) is 0 Å². The Hall–Kier alpha value is -2.70. The maximum Gasteiger partial charge on any atom is 0.234 e. The number of benzene rings is 1. The fourth-order valence-corrected chi connectivity index (χ4v) is 3.89. The Morgan fingerprint density at radius 1 is 1.23 bits per heavy atom. The molecule has 0 radical (unpaired) electrons. The summed E-state index contributed by atoms with van der Waals surface area (Å²) in [6.07, 6.45) is 4.90. The summed E-state index contributed by atoms with van der Waals surface area (Å²) in [7, 11) is 0. The summed E-state index contributed by atoms with van der Waals surface area (Å²) >= 11 is 0. The van der Waals surface area contributed by atoms with Gasteiger partial charge in [-0.15, -0.1) is 0 Å². The number of carbonyl (C=O) groups excluding carboxylic acids is 2. The molecule has 1 saturated heterocycles. The highest BCUT2D eigenvalue weighted by Gasteiger charge is 2.30. The summed E-state index contributed by atoms with van der Waals surface area (Å²) in [5.41, 5.74) is 3.03. The largest absolute Gasteiger partial charge is 0.312 e. The lowest BCUT2D eigenvalue weighted by atomic mass is 10.1. The van der Waals surface area contributed by atoms with Crippen molar-refractivity contribution in [2.75, 3.05) is 22.9 Å². The number of anilines is 2. The molecule has 5 rings (SSSR count). The van der Waals surface area contributed by atoms with Gasteiger partial charge in [-0.3, -0.25) is 14.7 Å². The number of aromatic nitrogens is 3. The second kappa shape index (κ2) is 5.93. The average Bonchev–Trinajstić information content (AvgIpc) is 3.04. The molecule has 2 aromatic rings. The van der Waals surface area contributed by atoms with Crippen molar-refractivity contribution < 1.29 is 9.59 Å². The summed E-state index contributed by atoms with van der Waals surface area (Å²) in [5.74, 6) is 2.19. The second-order valence-corrected chi connectivity index (χ2v) is 7.35. The molecule has 1 aliphatic carbocycles. The van der Waals surface area contributed by atoms with Crippen molar-refractivity contribution >= 4 is 23.2 Å². The van der Waals surface area contributed by atoms with Gasteiger partial charge in [0, 0.05) is 36.8 Å². The van der Waals surface area contributed by atoms with Gasteiger partial charge < -0.3 is 9.80 Å². The molecule has 0 atom stereocenters. The maximum atomic E-state index is 12.7. The average molecular weight is 351 g/mol. The molecule has 7 nitrogen and oxygen atoms in total. The van der Waals surface area contributed by atoms with Crippen LogP contribution in [-0.2, 0) is 22.4 Å². The standard InChI is InChI=1S/C19H21N5O2/c25-17-2-1-8-23(17)14-5-6-15-13(10-14)7-9-24(15)18(26)11-16-20-19(22-21-16)12-3-4-12/h5-6,10,12H,1-4,7-9,11H2,(H,20,21,22). The minimum absolute atomic E-state index is 0.0345. The van der Waals surface area contributed by atoms with E-state index in [0.29, 0.717) is 24.7 Å². The van der Waals surface area contributed by atoms with Crippen LogP contribution in [-0.4, -0.2) is 40.1 Å². The predicted molar refractivity (Wildman–Crippen MR) is 96.1 cm³/mol. The van der Waals surface area contributed by atoms with Crippen LogP contribution < -0.4 is 9.80 Å². The molecule has 0 spiro atoms. The lowest BCUT2D eigenvalue weighted by Gasteiger charge is -2.19. The van der Waals surface area contributed by atoms with Gasteiger partial charge in [0.1, 0.15) is 5.82 Å². The minimum atomic E-state index is 0.0345. The molecular formula is C19H21N5O2. The van der Waals surface area contributed by atoms with Gasteiger partial charge in [0.05, 0.1) is 6.42 Å². The number of nitrogens with one attached hydrogen (secondary N) is 1. The maximum absolute atomic E-state index is 12.7. The van der Waals surface area contributed by atoms with Gasteiger partial charge >= 0.3 is 0 Å². The van der Waals surface area contributed by atoms with E-state index in [0.717, 1.165) is 55.0 Å². The molecule has 1 N–H and O–H groups in total. The Labute approximate surface area is 151 Å². The number of nitrogens with zero attached hydrogens (tertiary/aromatic N) is 4. The fourth-order valence-electron chi connectivity index (χ4n) is 3.89. The Kier molecular flexibility index (Phi) is 3.55. The molecule has 3 heterocycles. The van der Waals surface area contributed by atoms with E-state index >= 15 is 0 Å². The van der Waals surface area contributed by atoms with E-state index in [1.807, 2.05) is 21.9 Å². The predicted octanol–water partition coefficient (Wildman–Crippen LogP) is 1.94. The molecule has 1 aromatic carbocycles. The lowest BCUT2D eigenvalue weighted by Crippen LogP contribution is -2.30. The van der Waals surface area contributed by atoms with Crippen LogP contribution in [0.3, 0.4) is 0 Å². The Morgan fingerprint density at radius 3 is 2.88 bits per heavy atom. The van der Waals surface area contributed by atoms with Crippen molar-refractivity contribution in [3.05, 3.63) is 35.4 Å². The summed E-state index contributed by atoms with van der Waals surface area (Å²) in [6.45, 7) is 1.46. The zero-order valence-electron chi connectivity index (χ0n) is 14.6. The molecule has 2 fully saturated rings. The summed E-state index contributed by atoms with van der Waals surface area (Å²) < 4.78 is 0. The first-order valence-corrected chi connectivity index (χ1v) is 9.34. The first-order chi connectivity index (χ1) is 12.7. The van der Waals surface area contributed by atoms with Gasteiger partial charge in [0.25, 0.3) is 0 Å². The molecule has 0 bridgehead atoms. The SMILES string of the molecule is O=C1CCCN1c1ccc2c(c1)CCN2C(=O)Cc1nc(C2CC2)n[nH]1. The number of hydrogen-bond acceptors (Lipinski definition) is 4. The molecule has 134 valence electrons. The minimum Gasteiger partial charge on any atom is -0.312 e. The zero-order chi connectivity index (χ0) is 17.7. The fraction of sp³-hybridized carbons (Fsp3) is 0.474. The molecule has 2 amide bonds. The van der Waals surface area contributed by atoms with Gasteiger partial charge in [0.15, 0.2) is 5.82 Å². The molecule has 1 saturated carbocycles. The van der Waals surface area contributed by atoms with Crippen LogP contribution >= 0.6 is 0 Å². The highest BCUT2D eigenvalue weighted by molar-refractivity contribution is 5.98. The number of amides is 2. The molecule has 7 heteroatoms. The van der Waals surface area contributed by atoms with E-state index in [2.05, 4.69) is 21.2 Å².